The Morgan fingerprint density at radius 1 is 0.778 bits per heavy atom. The van der Waals surface area contributed by atoms with E-state index in [0.29, 0.717) is 11.4 Å². The highest BCUT2D eigenvalue weighted by Gasteiger charge is 2.43. The fourth-order valence-corrected chi connectivity index (χ4v) is 7.85. The molecule has 2 aromatic carbocycles. The summed E-state index contributed by atoms with van der Waals surface area (Å²) in [6.45, 7) is 11.7. The number of anilines is 1. The van der Waals surface area contributed by atoms with Gasteiger partial charge in [-0.3, -0.25) is 23.0 Å². The van der Waals surface area contributed by atoms with E-state index < -0.39 is 53.1 Å². The fourth-order valence-electron chi connectivity index (χ4n) is 5.00. The van der Waals surface area contributed by atoms with Crippen LogP contribution >= 0.6 is 0 Å². The van der Waals surface area contributed by atoms with E-state index in [1.807, 2.05) is 41.5 Å². The molecule has 12 nitrogen and oxygen atoms in total. The molecule has 0 aliphatic rings. The second-order valence-corrected chi connectivity index (χ2v) is 19.8. The van der Waals surface area contributed by atoms with Crippen molar-refractivity contribution in [1.82, 2.24) is 0 Å². The molecule has 0 heterocycles. The van der Waals surface area contributed by atoms with Crippen LogP contribution in [-0.4, -0.2) is 111 Å². The molecule has 0 fully saturated rings. The van der Waals surface area contributed by atoms with Crippen LogP contribution in [0, 0.1) is 0 Å². The first-order chi connectivity index (χ1) is 20.1. The lowest BCUT2D eigenvalue weighted by atomic mass is 9.86. The zero-order chi connectivity index (χ0) is 34.9. The molecule has 15 heteroatoms. The monoisotopic (exact) mass is 693 g/mol. The van der Waals surface area contributed by atoms with Gasteiger partial charge in [-0.1, -0.05) is 26.8 Å². The molecule has 0 saturated heterocycles. The second kappa shape index (κ2) is 13.5. The van der Waals surface area contributed by atoms with Gasteiger partial charge < -0.3 is 4.74 Å². The Labute approximate surface area is 270 Å². The smallest absolute Gasteiger partial charge is 0.296 e. The largest absolute Gasteiger partial charge is 0.488 e. The van der Waals surface area contributed by atoms with Crippen molar-refractivity contribution in [1.29, 1.82) is 0 Å². The number of ether oxygens (including phenoxy) is 1. The number of rotatable bonds is 14. The minimum Gasteiger partial charge on any atom is -0.488 e. The Balaban J connectivity index is 2.69. The lowest BCUT2D eigenvalue weighted by molar-refractivity contribution is -1.10. The molecule has 0 bridgehead atoms. The van der Waals surface area contributed by atoms with Gasteiger partial charge in [-0.05, 0) is 68.1 Å². The van der Waals surface area contributed by atoms with Gasteiger partial charge in [0, 0.05) is 5.69 Å². The normalized spacial score (nSPS) is 14.7. The van der Waals surface area contributed by atoms with E-state index in [2.05, 4.69) is 9.50 Å². The van der Waals surface area contributed by atoms with Gasteiger partial charge in [-0.15, -0.1) is 0 Å². The predicted molar refractivity (Wildman–Crippen MR) is 176 cm³/mol. The molecule has 45 heavy (non-hydrogen) atoms. The van der Waals surface area contributed by atoms with Crippen LogP contribution in [0.1, 0.15) is 47.1 Å². The number of hydrogen-bond donors (Lipinski definition) is 2. The third kappa shape index (κ3) is 11.2. The summed E-state index contributed by atoms with van der Waals surface area (Å²) in [5, 5.41) is 3.47. The fraction of sp³-hybridized carbons (Fsp3) is 0.600. The number of nitrogens with one attached hydrogen (secondary N) is 1. The van der Waals surface area contributed by atoms with Crippen LogP contribution in [0.15, 0.2) is 52.3 Å². The van der Waals surface area contributed by atoms with E-state index in [1.165, 1.54) is 12.1 Å². The van der Waals surface area contributed by atoms with Gasteiger partial charge >= 0.3 is 0 Å². The first-order valence-electron chi connectivity index (χ1n) is 14.4. The number of quaternary nitrogens is 2. The predicted octanol–water partition coefficient (Wildman–Crippen LogP) is 3.71. The van der Waals surface area contributed by atoms with Gasteiger partial charge in [-0.2, -0.15) is 16.8 Å². The standard InChI is InChI=1S/C30H50N3O9S3/c1-29(2,3)26-17-16-25(45(39,40)24-14-12-23(13-15-24)42-30(4,5)6)22-27(26)31-28(32(7,8)18-20-43(34,35)36)33(9,10)19-21-44(37,38)41-11/h12-17,22,28,31H,18-21H2,1-11H3/q+1/p+1. The number of nitrogens with zero attached hydrogens (tertiary/aromatic N) is 2. The van der Waals surface area contributed by atoms with E-state index in [1.54, 1.807) is 58.5 Å². The van der Waals surface area contributed by atoms with Gasteiger partial charge in [0.25, 0.3) is 26.5 Å². The van der Waals surface area contributed by atoms with Crippen molar-refractivity contribution in [3.8, 4) is 5.75 Å². The van der Waals surface area contributed by atoms with E-state index >= 15 is 0 Å². The molecule has 0 aliphatic heterocycles. The highest BCUT2D eigenvalue weighted by Crippen LogP contribution is 2.35. The van der Waals surface area contributed by atoms with Crippen molar-refractivity contribution < 1.29 is 47.7 Å². The highest BCUT2D eigenvalue weighted by atomic mass is 32.2. The van der Waals surface area contributed by atoms with Crippen molar-refractivity contribution in [3.05, 3.63) is 48.0 Å². The van der Waals surface area contributed by atoms with Crippen LogP contribution in [0.4, 0.5) is 5.69 Å². The molecule has 0 saturated carbocycles. The van der Waals surface area contributed by atoms with Crippen molar-refractivity contribution >= 4 is 35.8 Å². The summed E-state index contributed by atoms with van der Waals surface area (Å²) in [4.78, 5) is 0.122. The van der Waals surface area contributed by atoms with E-state index in [9.17, 15) is 29.8 Å². The van der Waals surface area contributed by atoms with Crippen LogP contribution in [0.5, 0.6) is 5.75 Å². The van der Waals surface area contributed by atoms with E-state index in [0.717, 1.165) is 12.7 Å². The number of benzene rings is 2. The molecule has 2 aromatic rings. The molecule has 0 aliphatic carbocycles. The van der Waals surface area contributed by atoms with Crippen molar-refractivity contribution in [2.24, 2.45) is 0 Å². The lowest BCUT2D eigenvalue weighted by Gasteiger charge is -2.47. The van der Waals surface area contributed by atoms with E-state index in [4.69, 9.17) is 4.74 Å². The SMILES string of the molecule is COS(=O)(=O)CC[N+](C)(C)C(Nc1cc(S(=O)(=O)c2ccc(OC(C)(C)C)cc2)ccc1C(C)(C)C)[N+](C)(C)CCS(=O)(=O)O. The van der Waals surface area contributed by atoms with E-state index in [-0.39, 0.29) is 37.6 Å². The Morgan fingerprint density at radius 3 is 1.71 bits per heavy atom. The Hall–Kier alpha value is -2.27. The van der Waals surface area contributed by atoms with Crippen LogP contribution in [0.2, 0.25) is 0 Å². The summed E-state index contributed by atoms with van der Waals surface area (Å²) < 4.78 is 95.6. The Bertz CT molecular complexity index is 1660. The number of hydrogen-bond acceptors (Lipinski definition) is 9. The first-order valence-corrected chi connectivity index (χ1v) is 19.1. The van der Waals surface area contributed by atoms with Crippen LogP contribution < -0.4 is 10.1 Å². The molecule has 2 rings (SSSR count). The average Bonchev–Trinajstić information content (AvgIpc) is 2.88. The molecule has 2 N–H and O–H groups in total. The summed E-state index contributed by atoms with van der Waals surface area (Å²) in [5.74, 6) is -0.318. The Morgan fingerprint density at radius 2 is 1.27 bits per heavy atom. The highest BCUT2D eigenvalue weighted by molar-refractivity contribution is 7.91. The molecular formula is C30H51N3O9S3+2. The zero-order valence-corrected chi connectivity index (χ0v) is 30.7. The molecular weight excluding hydrogens is 643 g/mol. The first kappa shape index (κ1) is 38.9. The van der Waals surface area contributed by atoms with Crippen LogP contribution in [0.25, 0.3) is 0 Å². The third-order valence-electron chi connectivity index (χ3n) is 7.37. The van der Waals surface area contributed by atoms with Gasteiger partial charge in [0.05, 0.1) is 45.1 Å². The molecule has 0 radical (unpaired) electrons. The zero-order valence-electron chi connectivity index (χ0n) is 28.3. The minimum atomic E-state index is -4.30. The summed E-state index contributed by atoms with van der Waals surface area (Å²) in [7, 11) is -3.92. The second-order valence-electron chi connectivity index (χ2n) is 14.4. The van der Waals surface area contributed by atoms with Gasteiger partial charge in [0.1, 0.15) is 35.9 Å². The molecule has 0 amide bonds. The van der Waals surface area contributed by atoms with Crippen LogP contribution in [-0.2, 0) is 39.7 Å². The van der Waals surface area contributed by atoms with Gasteiger partial charge in [0.15, 0.2) is 0 Å². The van der Waals surface area contributed by atoms with Crippen molar-refractivity contribution in [3.63, 3.8) is 0 Å². The Kier molecular flexibility index (Phi) is 11.6. The molecule has 1 atom stereocenters. The molecule has 0 spiro atoms. The van der Waals surface area contributed by atoms with Gasteiger partial charge in [-0.25, -0.2) is 8.42 Å². The molecule has 256 valence electrons. The maximum absolute atomic E-state index is 13.8. The average molecular weight is 694 g/mol. The quantitative estimate of drug-likeness (QED) is 0.130. The summed E-state index contributed by atoms with van der Waals surface area (Å²) in [6, 6.07) is 11.1. The van der Waals surface area contributed by atoms with Crippen molar-refractivity contribution in [2.45, 2.75) is 68.6 Å². The summed E-state index contributed by atoms with van der Waals surface area (Å²) in [5.41, 5.74) is 0.386. The summed E-state index contributed by atoms with van der Waals surface area (Å²) in [6.07, 6.45) is -0.702. The lowest BCUT2D eigenvalue weighted by Crippen LogP contribution is -2.69. The maximum atomic E-state index is 13.8. The number of sulfone groups is 1. The van der Waals surface area contributed by atoms with Crippen LogP contribution in [0.3, 0.4) is 0 Å². The van der Waals surface area contributed by atoms with Gasteiger partial charge in [0.2, 0.25) is 9.84 Å². The molecule has 0 aromatic heterocycles. The summed E-state index contributed by atoms with van der Waals surface area (Å²) >= 11 is 0. The minimum absolute atomic E-state index is 0.0182. The topological polar surface area (TPSA) is 153 Å². The maximum Gasteiger partial charge on any atom is 0.296 e. The molecule has 1 unspecified atom stereocenters. The van der Waals surface area contributed by atoms with Crippen molar-refractivity contribution in [2.75, 3.05) is 65.2 Å². The third-order valence-corrected chi connectivity index (χ3v) is 11.0.